The van der Waals surface area contributed by atoms with E-state index < -0.39 is 24.4 Å². The van der Waals surface area contributed by atoms with E-state index in [4.69, 9.17) is 15.3 Å². The molecule has 4 rings (SSSR count). The van der Waals surface area contributed by atoms with Gasteiger partial charge in [0.1, 0.15) is 12.6 Å². The van der Waals surface area contributed by atoms with Crippen LogP contribution in [0.1, 0.15) is 57.9 Å². The summed E-state index contributed by atoms with van der Waals surface area (Å²) in [6.45, 7) is 6.62. The molecule has 3 heterocycles. The van der Waals surface area contributed by atoms with Crippen LogP contribution in [0.15, 0.2) is 30.3 Å². The number of carbonyl (C=O) groups is 3. The van der Waals surface area contributed by atoms with Crippen molar-refractivity contribution in [3.05, 3.63) is 35.9 Å². The maximum atomic E-state index is 13.9. The van der Waals surface area contributed by atoms with Gasteiger partial charge in [0.15, 0.2) is 12.3 Å². The van der Waals surface area contributed by atoms with E-state index in [1.165, 1.54) is 5.06 Å². The molecule has 3 amide bonds. The van der Waals surface area contributed by atoms with E-state index in [0.29, 0.717) is 19.4 Å². The highest BCUT2D eigenvalue weighted by Crippen LogP contribution is 2.34. The van der Waals surface area contributed by atoms with E-state index in [1.807, 2.05) is 49.1 Å². The average molecular weight is 530 g/mol. The molecule has 38 heavy (non-hydrogen) atoms. The van der Waals surface area contributed by atoms with Gasteiger partial charge in [-0.25, -0.2) is 4.79 Å². The monoisotopic (exact) mass is 529 g/mol. The molecule has 0 saturated carbocycles. The van der Waals surface area contributed by atoms with Gasteiger partial charge in [-0.15, -0.1) is 0 Å². The number of ether oxygens (including phenoxy) is 1. The summed E-state index contributed by atoms with van der Waals surface area (Å²) in [6.07, 6.45) is 1.89. The molecule has 2 N–H and O–H groups in total. The number of hydroxylamine groups is 2. The van der Waals surface area contributed by atoms with Crippen LogP contribution in [0, 0.1) is 5.92 Å². The van der Waals surface area contributed by atoms with Gasteiger partial charge in [-0.2, -0.15) is 5.06 Å². The lowest BCUT2D eigenvalue weighted by atomic mass is 9.95. The number of carbonyl (C=O) groups excluding carboxylic acids is 3. The summed E-state index contributed by atoms with van der Waals surface area (Å²) in [5, 5.41) is 1.22. The molecular weight excluding hydrogens is 486 g/mol. The van der Waals surface area contributed by atoms with Crippen molar-refractivity contribution in [1.29, 1.82) is 0 Å². The van der Waals surface area contributed by atoms with Gasteiger partial charge in [-0.1, -0.05) is 44.2 Å². The molecule has 3 aliphatic heterocycles. The molecule has 0 aromatic heterocycles. The van der Waals surface area contributed by atoms with Crippen LogP contribution in [0.25, 0.3) is 0 Å². The Morgan fingerprint density at radius 1 is 1.11 bits per heavy atom. The number of nitrogens with zero attached hydrogens (tertiary/aromatic N) is 4. The lowest BCUT2D eigenvalue weighted by Crippen LogP contribution is -2.74. The van der Waals surface area contributed by atoms with Crippen LogP contribution < -0.4 is 5.73 Å². The number of benzene rings is 1. The number of piperidine rings is 1. The van der Waals surface area contributed by atoms with E-state index in [1.54, 1.807) is 4.90 Å². The van der Waals surface area contributed by atoms with Gasteiger partial charge in [0, 0.05) is 6.04 Å². The first-order chi connectivity index (χ1) is 18.3. The molecule has 3 saturated heterocycles. The summed E-state index contributed by atoms with van der Waals surface area (Å²) in [5.74, 6) is -0.108. The van der Waals surface area contributed by atoms with Crippen molar-refractivity contribution in [3.63, 3.8) is 0 Å². The molecule has 1 aromatic carbocycles. The third-order valence-electron chi connectivity index (χ3n) is 7.76. The van der Waals surface area contributed by atoms with Crippen LogP contribution in [0.2, 0.25) is 0 Å². The fourth-order valence-electron chi connectivity index (χ4n) is 5.68. The Bertz CT molecular complexity index is 952. The van der Waals surface area contributed by atoms with E-state index in [9.17, 15) is 14.4 Å². The number of hydrogen-bond donors (Lipinski definition) is 1. The minimum Gasteiger partial charge on any atom is -0.443 e. The predicted octanol–water partition coefficient (Wildman–Crippen LogP) is 2.57. The molecular formula is C28H43N5O5. The topological polar surface area (TPSA) is 109 Å². The van der Waals surface area contributed by atoms with Gasteiger partial charge in [-0.05, 0) is 76.7 Å². The Labute approximate surface area is 225 Å². The number of unbranched alkanes of at least 4 members (excludes halogenated alkanes) is 1. The quantitative estimate of drug-likeness (QED) is 0.490. The molecule has 10 nitrogen and oxygen atoms in total. The highest BCUT2D eigenvalue weighted by atomic mass is 16.7. The van der Waals surface area contributed by atoms with Crippen molar-refractivity contribution in [2.75, 3.05) is 33.2 Å². The van der Waals surface area contributed by atoms with Crippen LogP contribution >= 0.6 is 0 Å². The van der Waals surface area contributed by atoms with Crippen LogP contribution in [-0.4, -0.2) is 95.3 Å². The second-order valence-electron chi connectivity index (χ2n) is 11.1. The number of piperazine rings is 1. The van der Waals surface area contributed by atoms with E-state index in [2.05, 4.69) is 11.9 Å². The van der Waals surface area contributed by atoms with E-state index in [-0.39, 0.29) is 36.9 Å². The van der Waals surface area contributed by atoms with Gasteiger partial charge in [0.25, 0.3) is 5.91 Å². The summed E-state index contributed by atoms with van der Waals surface area (Å²) < 4.78 is 5.66. The highest BCUT2D eigenvalue weighted by molar-refractivity contribution is 5.92. The second-order valence-corrected chi connectivity index (χ2v) is 11.1. The third-order valence-corrected chi connectivity index (χ3v) is 7.76. The Morgan fingerprint density at radius 3 is 2.47 bits per heavy atom. The fraction of sp³-hybridized carbons (Fsp3) is 0.679. The van der Waals surface area contributed by atoms with Crippen LogP contribution in [0.4, 0.5) is 4.79 Å². The Kier molecular flexibility index (Phi) is 9.62. The molecule has 1 aromatic rings. The van der Waals surface area contributed by atoms with Crippen molar-refractivity contribution < 1.29 is 24.0 Å². The highest BCUT2D eigenvalue weighted by Gasteiger charge is 2.54. The van der Waals surface area contributed by atoms with Gasteiger partial charge in [0.05, 0.1) is 6.54 Å². The summed E-state index contributed by atoms with van der Waals surface area (Å²) in [6, 6.07) is 8.85. The Morgan fingerprint density at radius 2 is 1.82 bits per heavy atom. The summed E-state index contributed by atoms with van der Waals surface area (Å²) in [5.41, 5.74) is 6.60. The zero-order valence-electron chi connectivity index (χ0n) is 23.0. The number of amides is 3. The fourth-order valence-corrected chi connectivity index (χ4v) is 5.68. The first-order valence-corrected chi connectivity index (χ1v) is 14.0. The molecule has 10 heteroatoms. The maximum Gasteiger partial charge on any atom is 0.436 e. The normalized spacial score (nSPS) is 25.2. The lowest BCUT2D eigenvalue weighted by Gasteiger charge is -2.54. The van der Waals surface area contributed by atoms with Crippen molar-refractivity contribution in [1.82, 2.24) is 19.8 Å². The first-order valence-electron chi connectivity index (χ1n) is 14.0. The number of nitrogens with two attached hydrogens (primary N) is 1. The molecule has 0 aliphatic carbocycles. The number of rotatable bonds is 9. The number of hydrogen-bond acceptors (Lipinski definition) is 7. The summed E-state index contributed by atoms with van der Waals surface area (Å²) >= 11 is 0. The van der Waals surface area contributed by atoms with Gasteiger partial charge in [-0.3, -0.25) is 14.4 Å². The Hall–Kier alpha value is -2.69. The summed E-state index contributed by atoms with van der Waals surface area (Å²) in [4.78, 5) is 53.0. The van der Waals surface area contributed by atoms with Crippen molar-refractivity contribution in [3.8, 4) is 0 Å². The minimum absolute atomic E-state index is 0.0380. The van der Waals surface area contributed by atoms with Crippen LogP contribution in [0.5, 0.6) is 0 Å². The molecule has 3 aliphatic rings. The molecule has 0 bridgehead atoms. The third kappa shape index (κ3) is 6.47. The molecule has 3 fully saturated rings. The minimum atomic E-state index is -0.852. The van der Waals surface area contributed by atoms with E-state index in [0.717, 1.165) is 44.3 Å². The molecule has 1 unspecified atom stereocenters. The van der Waals surface area contributed by atoms with E-state index >= 15 is 0 Å². The van der Waals surface area contributed by atoms with Crippen molar-refractivity contribution in [2.45, 2.75) is 83.3 Å². The number of likely N-dealkylation sites (tertiary alicyclic amines) is 1. The van der Waals surface area contributed by atoms with Gasteiger partial charge in [0.2, 0.25) is 5.91 Å². The molecule has 0 radical (unpaired) electrons. The molecule has 210 valence electrons. The smallest absolute Gasteiger partial charge is 0.436 e. The predicted molar refractivity (Wildman–Crippen MR) is 142 cm³/mol. The standard InChI is InChI=1S/C28H43N5O5/c1-20(2)17-24-27(35)32-23(11-7-8-14-29)26(34)31(22-12-15-30(3)16-13-22)18-25(32)33(38-24)28(36)37-19-21-9-5-4-6-10-21/h4-6,9-10,20,22-25H,7-8,11-19,29H2,1-3H3/t23-,24+,25?/m0/s1. The average Bonchev–Trinajstić information content (AvgIpc) is 2.91. The maximum absolute atomic E-state index is 13.9. The van der Waals surface area contributed by atoms with Crippen molar-refractivity contribution >= 4 is 17.9 Å². The van der Waals surface area contributed by atoms with Gasteiger partial charge >= 0.3 is 6.09 Å². The van der Waals surface area contributed by atoms with Crippen LogP contribution in [-0.2, 0) is 25.8 Å². The molecule has 3 atom stereocenters. The lowest BCUT2D eigenvalue weighted by molar-refractivity contribution is -0.270. The summed E-state index contributed by atoms with van der Waals surface area (Å²) in [7, 11) is 2.08. The van der Waals surface area contributed by atoms with Crippen molar-refractivity contribution in [2.24, 2.45) is 11.7 Å². The largest absolute Gasteiger partial charge is 0.443 e. The Balaban J connectivity index is 1.62. The van der Waals surface area contributed by atoms with Crippen LogP contribution in [0.3, 0.4) is 0 Å². The second kappa shape index (κ2) is 12.9. The zero-order chi connectivity index (χ0) is 27.2. The first kappa shape index (κ1) is 28.3. The molecule has 0 spiro atoms. The van der Waals surface area contributed by atoms with Gasteiger partial charge < -0.3 is 25.2 Å². The number of fused-ring (bicyclic) bond motifs is 1. The zero-order valence-corrected chi connectivity index (χ0v) is 23.0. The SMILES string of the molecule is CC(C)C[C@H]1ON(C(=O)OCc2ccccc2)C2CN(C3CCN(C)CC3)C(=O)[C@H](CCCCN)N2C1=O.